The predicted molar refractivity (Wildman–Crippen MR) is 119 cm³/mol. The van der Waals surface area contributed by atoms with Gasteiger partial charge >= 0.3 is 5.69 Å². The number of para-hydroxylation sites is 2. The molecule has 15 heteroatoms. The number of rotatable bonds is 5. The number of hydrogen-bond donors (Lipinski definition) is 1. The first-order valence-electron chi connectivity index (χ1n) is 9.08. The number of anilines is 1. The molecule has 34 heavy (non-hydrogen) atoms. The zero-order valence-corrected chi connectivity index (χ0v) is 20.6. The molecule has 4 rings (SSSR count). The van der Waals surface area contributed by atoms with Crippen LogP contribution >= 0.6 is 0 Å². The van der Waals surface area contributed by atoms with E-state index >= 15 is 0 Å². The Morgan fingerprint density at radius 2 is 1.35 bits per heavy atom. The molecule has 0 aliphatic heterocycles. The van der Waals surface area contributed by atoms with E-state index in [1.165, 1.54) is 22.8 Å². The molecule has 2 heterocycles. The molecule has 2 aromatic carbocycles. The third-order valence-electron chi connectivity index (χ3n) is 4.14. The van der Waals surface area contributed by atoms with Crippen LogP contribution in [0.3, 0.4) is 0 Å². The normalized spacial score (nSPS) is 9.65. The minimum absolute atomic E-state index is 0. The monoisotopic (exact) mass is 561 g/mol. The number of methoxy groups -OCH3 is 2. The van der Waals surface area contributed by atoms with Crippen molar-refractivity contribution in [1.82, 2.24) is 40.4 Å². The molecule has 4 aromatic rings. The van der Waals surface area contributed by atoms with Crippen molar-refractivity contribution in [3.63, 3.8) is 0 Å². The molecule has 0 amide bonds. The number of nitrogens with two attached hydrogens (primary N) is 1. The number of nitro benzene ring substituents is 1. The molecular weight excluding hydrogens is 539 g/mol. The molecule has 0 saturated carbocycles. The van der Waals surface area contributed by atoms with E-state index in [0.717, 1.165) is 5.56 Å². The Balaban J connectivity index is 0.000000323. The Bertz CT molecular complexity index is 1240. The van der Waals surface area contributed by atoms with E-state index in [4.69, 9.17) is 15.2 Å². The number of nitrogens with zero attached hydrogens (tertiary/aromatic N) is 9. The smallest absolute Gasteiger partial charge is 0.311 e. The third-order valence-corrected chi connectivity index (χ3v) is 4.14. The van der Waals surface area contributed by atoms with Crippen molar-refractivity contribution in [2.45, 2.75) is 0 Å². The fraction of sp³-hybridized carbons (Fsp3) is 0.211. The van der Waals surface area contributed by atoms with Crippen molar-refractivity contribution in [3.05, 3.63) is 53.9 Å². The van der Waals surface area contributed by atoms with Gasteiger partial charge in [-0.05, 0) is 28.6 Å². The van der Waals surface area contributed by atoms with Crippen molar-refractivity contribution in [1.29, 1.82) is 0 Å². The molecule has 0 saturated heterocycles. The Kier molecular flexibility index (Phi) is 10.2. The van der Waals surface area contributed by atoms with Gasteiger partial charge in [-0.25, -0.2) is 0 Å². The number of nitrogen functional groups attached to an aromatic ring is 1. The zero-order valence-electron chi connectivity index (χ0n) is 19.0. The van der Waals surface area contributed by atoms with E-state index in [2.05, 4.69) is 30.8 Å². The zero-order chi connectivity index (χ0) is 23.3. The summed E-state index contributed by atoms with van der Waals surface area (Å²) in [6, 6.07) is 9.97. The summed E-state index contributed by atoms with van der Waals surface area (Å²) in [7, 11) is 6.24. The van der Waals surface area contributed by atoms with Crippen LogP contribution in [0.1, 0.15) is 0 Å². The molecule has 2 N–H and O–H groups in total. The molecule has 2 aromatic heterocycles. The van der Waals surface area contributed by atoms with E-state index in [1.807, 2.05) is 12.1 Å². The second-order valence-electron chi connectivity index (χ2n) is 6.25. The number of nitro groups is 1. The Morgan fingerprint density at radius 1 is 0.882 bits per heavy atom. The second kappa shape index (κ2) is 12.3. The maximum atomic E-state index is 10.8. The molecule has 0 fully saturated rings. The van der Waals surface area contributed by atoms with Crippen molar-refractivity contribution >= 4 is 11.4 Å². The minimum atomic E-state index is -0.515. The topological polar surface area (TPSA) is 175 Å². The van der Waals surface area contributed by atoms with Gasteiger partial charge in [-0.1, -0.05) is 12.1 Å². The van der Waals surface area contributed by atoms with Gasteiger partial charge in [0.25, 0.3) is 0 Å². The minimum Gasteiger partial charge on any atom is -0.494 e. The van der Waals surface area contributed by atoms with Crippen LogP contribution in [0.4, 0.5) is 11.4 Å². The number of tetrazole rings is 2. The standard InChI is InChI=1S/C9H9N5O3.C9H11N5O.CH3.Pd/c1-13-11-9(10-12-13)6-4-3-5-7(14(15)16)8(6)17-2;1-14-12-9(11-13-14)6-4-3-5-7(10)8(6)15-2;;/h3-5H,1-2H3;3-5H,10H2,1-2H3;1H3;/q;;-1;. The maximum absolute atomic E-state index is 10.8. The van der Waals surface area contributed by atoms with E-state index in [0.29, 0.717) is 22.8 Å². The quantitative estimate of drug-likeness (QED) is 0.123. The van der Waals surface area contributed by atoms with Crippen LogP contribution < -0.4 is 15.2 Å². The predicted octanol–water partition coefficient (Wildman–Crippen LogP) is 1.71. The van der Waals surface area contributed by atoms with Crippen molar-refractivity contribution in [2.24, 2.45) is 14.1 Å². The Hall–Kier alpha value is -3.96. The van der Waals surface area contributed by atoms with Crippen LogP contribution in [0.25, 0.3) is 22.8 Å². The molecule has 0 spiro atoms. The molecule has 0 radical (unpaired) electrons. The summed E-state index contributed by atoms with van der Waals surface area (Å²) in [5.74, 6) is 1.49. The van der Waals surface area contributed by atoms with Crippen LogP contribution in [-0.2, 0) is 34.5 Å². The van der Waals surface area contributed by atoms with Crippen molar-refractivity contribution < 1.29 is 34.8 Å². The van der Waals surface area contributed by atoms with Crippen LogP contribution in [0, 0.1) is 17.5 Å². The van der Waals surface area contributed by atoms with Gasteiger partial charge in [0.15, 0.2) is 5.75 Å². The number of aryl methyl sites for hydroxylation is 2. The third kappa shape index (κ3) is 6.09. The van der Waals surface area contributed by atoms with Crippen molar-refractivity contribution in [3.8, 4) is 34.3 Å². The summed E-state index contributed by atoms with van der Waals surface area (Å²) < 4.78 is 10.2. The van der Waals surface area contributed by atoms with Gasteiger partial charge in [0, 0.05) is 26.5 Å². The molecule has 0 unspecified atom stereocenters. The van der Waals surface area contributed by atoms with E-state index in [1.54, 1.807) is 39.4 Å². The van der Waals surface area contributed by atoms with Gasteiger partial charge in [-0.15, -0.1) is 20.4 Å². The van der Waals surface area contributed by atoms with E-state index in [9.17, 15) is 10.1 Å². The Morgan fingerprint density at radius 3 is 1.76 bits per heavy atom. The molecule has 0 aliphatic carbocycles. The summed E-state index contributed by atoms with van der Waals surface area (Å²) in [5, 5.41) is 34.0. The van der Waals surface area contributed by atoms with Gasteiger partial charge in [-0.2, -0.15) is 9.59 Å². The molecule has 0 aliphatic rings. The first kappa shape index (κ1) is 28.1. The molecule has 184 valence electrons. The number of hydrogen-bond acceptors (Lipinski definition) is 11. The average molecular weight is 562 g/mol. The first-order chi connectivity index (χ1) is 15.3. The van der Waals surface area contributed by atoms with Gasteiger partial charge in [0.05, 0.1) is 50.1 Å². The largest absolute Gasteiger partial charge is 0.494 e. The first-order valence-corrected chi connectivity index (χ1v) is 9.08. The van der Waals surface area contributed by atoms with Crippen LogP contribution in [0.5, 0.6) is 11.5 Å². The summed E-state index contributed by atoms with van der Waals surface area (Å²) in [5.41, 5.74) is 7.38. The van der Waals surface area contributed by atoms with Gasteiger partial charge in [0.1, 0.15) is 0 Å². The fourth-order valence-electron chi connectivity index (χ4n) is 2.80. The van der Waals surface area contributed by atoms with E-state index < -0.39 is 4.92 Å². The summed E-state index contributed by atoms with van der Waals surface area (Å²) in [4.78, 5) is 13.0. The summed E-state index contributed by atoms with van der Waals surface area (Å²) in [6.45, 7) is 0. The SMILES string of the molecule is COc1c(-c2nnn(C)n2)cccc1[N+](=O)[O-].COc1c(N)cccc1-c1nnn(C)n1.[CH3-].[Pd]. The second-order valence-corrected chi connectivity index (χ2v) is 6.25. The van der Waals surface area contributed by atoms with Gasteiger partial charge in [0.2, 0.25) is 17.4 Å². The van der Waals surface area contributed by atoms with Gasteiger partial charge < -0.3 is 22.6 Å². The summed E-state index contributed by atoms with van der Waals surface area (Å²) in [6.07, 6.45) is 0. The van der Waals surface area contributed by atoms with Crippen LogP contribution in [0.15, 0.2) is 36.4 Å². The average Bonchev–Trinajstić information content (AvgIpc) is 3.41. The number of ether oxygens (including phenoxy) is 2. The number of aromatic nitrogens is 8. The van der Waals surface area contributed by atoms with E-state index in [-0.39, 0.29) is 45.1 Å². The molecule has 14 nitrogen and oxygen atoms in total. The van der Waals surface area contributed by atoms with Gasteiger partial charge in [-0.3, -0.25) is 10.1 Å². The molecular formula is C19H23N10O4Pd-. The van der Waals surface area contributed by atoms with Crippen LogP contribution in [0.2, 0.25) is 0 Å². The molecule has 0 bridgehead atoms. The Labute approximate surface area is 208 Å². The maximum Gasteiger partial charge on any atom is 0.311 e. The van der Waals surface area contributed by atoms with Crippen molar-refractivity contribution in [2.75, 3.05) is 20.0 Å². The number of benzene rings is 2. The summed E-state index contributed by atoms with van der Waals surface area (Å²) >= 11 is 0. The van der Waals surface area contributed by atoms with Crippen LogP contribution in [-0.4, -0.2) is 59.6 Å². The fourth-order valence-corrected chi connectivity index (χ4v) is 2.80. The molecule has 0 atom stereocenters.